The van der Waals surface area contributed by atoms with Crippen LogP contribution in [0.5, 0.6) is 0 Å². The van der Waals surface area contributed by atoms with E-state index in [-0.39, 0.29) is 4.90 Å². The van der Waals surface area contributed by atoms with Gasteiger partial charge in [-0.25, -0.2) is 8.42 Å². The Balaban J connectivity index is 0.000000156. The van der Waals surface area contributed by atoms with Crippen LogP contribution in [0.4, 0.5) is 0 Å². The van der Waals surface area contributed by atoms with Crippen LogP contribution >= 0.6 is 0 Å². The minimum atomic E-state index is -4.34. The lowest BCUT2D eigenvalue weighted by atomic mass is 10.1. The molecule has 0 saturated heterocycles. The van der Waals surface area contributed by atoms with E-state index < -0.39 is 10.1 Å². The molecule has 0 heterocycles. The summed E-state index contributed by atoms with van der Waals surface area (Å²) >= 11 is 0. The molecule has 0 bridgehead atoms. The Kier molecular flexibility index (Phi) is 6.58. The van der Waals surface area contributed by atoms with Gasteiger partial charge in [0.2, 0.25) is 0 Å². The largest absolute Gasteiger partial charge is 0.744 e. The number of rotatable bonds is 5. The zero-order chi connectivity index (χ0) is 19.3. The van der Waals surface area contributed by atoms with Gasteiger partial charge in [0.05, 0.1) is 4.90 Å². The molecule has 0 spiro atoms. The predicted octanol–water partition coefficient (Wildman–Crippen LogP) is 4.98. The number of benzene rings is 3. The van der Waals surface area contributed by atoms with Gasteiger partial charge >= 0.3 is 0 Å². The molecule has 1 fully saturated rings. The molecule has 5 heteroatoms. The molecule has 0 N–H and O–H groups in total. The van der Waals surface area contributed by atoms with Gasteiger partial charge < -0.3 is 4.55 Å². The normalized spacial score (nSPS) is 15.0. The number of fused-ring (bicyclic) bond motifs is 1. The fourth-order valence-electron chi connectivity index (χ4n) is 2.97. The summed E-state index contributed by atoms with van der Waals surface area (Å²) in [6.45, 7) is 2.30. The zero-order valence-corrected chi connectivity index (χ0v) is 17.0. The fraction of sp³-hybridized carbons (Fsp3) is 0.273. The maximum Gasteiger partial charge on any atom is 0.155 e. The number of hydrogen-bond acceptors (Lipinski definition) is 3. The summed E-state index contributed by atoms with van der Waals surface area (Å²) in [5, 5.41) is 2.70. The average Bonchev–Trinajstić information content (AvgIpc) is 3.51. The third kappa shape index (κ3) is 5.58. The van der Waals surface area contributed by atoms with Crippen LogP contribution in [0.2, 0.25) is 0 Å². The minimum absolute atomic E-state index is 0.184. The molecule has 0 aromatic heterocycles. The Labute approximate surface area is 164 Å². The smallest absolute Gasteiger partial charge is 0.155 e. The molecular weight excluding hydrogens is 376 g/mol. The topological polar surface area (TPSA) is 57.2 Å². The van der Waals surface area contributed by atoms with E-state index in [0.717, 1.165) is 16.0 Å². The molecule has 3 aromatic carbocycles. The van der Waals surface area contributed by atoms with E-state index in [1.807, 2.05) is 12.1 Å². The van der Waals surface area contributed by atoms with Gasteiger partial charge in [-0.1, -0.05) is 55.5 Å². The SMILES string of the molecule is CCC[S+](c1ccccc1)C1CC1.O=S(=O)([O-])c1ccc2ccccc2c1. The van der Waals surface area contributed by atoms with Gasteiger partial charge in [-0.15, -0.1) is 0 Å². The van der Waals surface area contributed by atoms with Crippen LogP contribution in [-0.4, -0.2) is 24.0 Å². The van der Waals surface area contributed by atoms with Gasteiger partial charge in [0, 0.05) is 23.7 Å². The van der Waals surface area contributed by atoms with E-state index in [1.165, 1.54) is 37.1 Å². The van der Waals surface area contributed by atoms with Gasteiger partial charge in [-0.2, -0.15) is 0 Å². The summed E-state index contributed by atoms with van der Waals surface area (Å²) in [5.74, 6) is 1.40. The van der Waals surface area contributed by atoms with Crippen molar-refractivity contribution in [2.45, 2.75) is 41.2 Å². The molecule has 1 atom stereocenters. The average molecular weight is 401 g/mol. The summed E-state index contributed by atoms with van der Waals surface area (Å²) in [7, 11) is -3.77. The molecule has 1 aliphatic carbocycles. The molecule has 0 radical (unpaired) electrons. The van der Waals surface area contributed by atoms with Crippen molar-refractivity contribution in [3.05, 3.63) is 72.8 Å². The summed E-state index contributed by atoms with van der Waals surface area (Å²) in [4.78, 5) is 1.41. The molecule has 27 heavy (non-hydrogen) atoms. The molecule has 1 saturated carbocycles. The first kappa shape index (κ1) is 19.9. The van der Waals surface area contributed by atoms with Crippen molar-refractivity contribution in [1.82, 2.24) is 0 Å². The van der Waals surface area contributed by atoms with Crippen LogP contribution in [0.3, 0.4) is 0 Å². The van der Waals surface area contributed by atoms with Crippen molar-refractivity contribution in [3.63, 3.8) is 0 Å². The van der Waals surface area contributed by atoms with E-state index in [2.05, 4.69) is 37.3 Å². The Hall–Kier alpha value is -1.82. The standard InChI is InChI=1S/C12H17S.C10H8O3S/c1-2-10-13(12-8-9-12)11-6-4-3-5-7-11;11-14(12,13)10-6-5-8-3-1-2-4-9(8)7-10/h3-7,12H,2,8-10H2,1H3;1-7H,(H,11,12,13)/q+1;/p-1. The van der Waals surface area contributed by atoms with Crippen LogP contribution in [0.25, 0.3) is 10.8 Å². The lowest BCUT2D eigenvalue weighted by Crippen LogP contribution is -2.12. The van der Waals surface area contributed by atoms with Gasteiger partial charge in [0.25, 0.3) is 0 Å². The van der Waals surface area contributed by atoms with Crippen molar-refractivity contribution in [1.29, 1.82) is 0 Å². The van der Waals surface area contributed by atoms with Crippen molar-refractivity contribution in [2.75, 3.05) is 5.75 Å². The van der Waals surface area contributed by atoms with E-state index in [9.17, 15) is 13.0 Å². The second kappa shape index (κ2) is 8.91. The quantitative estimate of drug-likeness (QED) is 0.448. The Bertz CT molecular complexity index is 981. The van der Waals surface area contributed by atoms with E-state index in [4.69, 9.17) is 0 Å². The highest BCUT2D eigenvalue weighted by atomic mass is 32.2. The third-order valence-corrected chi connectivity index (χ3v) is 8.24. The summed E-state index contributed by atoms with van der Waals surface area (Å²) in [6.07, 6.45) is 4.27. The molecule has 0 amide bonds. The highest BCUT2D eigenvalue weighted by molar-refractivity contribution is 7.97. The molecule has 142 valence electrons. The summed E-state index contributed by atoms with van der Waals surface area (Å²) in [5.41, 5.74) is 0. The van der Waals surface area contributed by atoms with Gasteiger partial charge in [0.1, 0.15) is 21.1 Å². The van der Waals surface area contributed by atoms with Gasteiger partial charge in [-0.3, -0.25) is 0 Å². The molecule has 1 aliphatic rings. The fourth-order valence-corrected chi connectivity index (χ4v) is 6.08. The minimum Gasteiger partial charge on any atom is -0.744 e. The van der Waals surface area contributed by atoms with E-state index in [0.29, 0.717) is 10.9 Å². The van der Waals surface area contributed by atoms with Crippen LogP contribution in [0, 0.1) is 0 Å². The lowest BCUT2D eigenvalue weighted by molar-refractivity contribution is 0.463. The Morgan fingerprint density at radius 2 is 1.56 bits per heavy atom. The first-order valence-electron chi connectivity index (χ1n) is 9.18. The summed E-state index contributed by atoms with van der Waals surface area (Å²) in [6, 6.07) is 22.7. The van der Waals surface area contributed by atoms with Crippen molar-refractivity contribution >= 4 is 31.8 Å². The van der Waals surface area contributed by atoms with Crippen molar-refractivity contribution in [3.8, 4) is 0 Å². The maximum atomic E-state index is 10.7. The predicted molar refractivity (Wildman–Crippen MR) is 112 cm³/mol. The van der Waals surface area contributed by atoms with Crippen molar-refractivity contribution in [2.24, 2.45) is 0 Å². The zero-order valence-electron chi connectivity index (χ0n) is 15.4. The van der Waals surface area contributed by atoms with Gasteiger partial charge in [-0.05, 0) is 41.5 Å². The lowest BCUT2D eigenvalue weighted by Gasteiger charge is -2.07. The molecule has 3 aromatic rings. The van der Waals surface area contributed by atoms with Crippen molar-refractivity contribution < 1.29 is 13.0 Å². The maximum absolute atomic E-state index is 10.7. The second-order valence-electron chi connectivity index (χ2n) is 6.61. The van der Waals surface area contributed by atoms with E-state index >= 15 is 0 Å². The second-order valence-corrected chi connectivity index (χ2v) is 10.4. The molecular formula is C22H24O3S2. The van der Waals surface area contributed by atoms with Crippen LogP contribution < -0.4 is 0 Å². The first-order valence-corrected chi connectivity index (χ1v) is 12.0. The van der Waals surface area contributed by atoms with Gasteiger partial charge in [0.15, 0.2) is 4.90 Å². The highest BCUT2D eigenvalue weighted by Crippen LogP contribution is 2.35. The number of hydrogen-bond donors (Lipinski definition) is 0. The molecule has 3 nitrogen and oxygen atoms in total. The third-order valence-electron chi connectivity index (χ3n) is 4.41. The van der Waals surface area contributed by atoms with Crippen LogP contribution in [0.15, 0.2) is 82.6 Å². The highest BCUT2D eigenvalue weighted by Gasteiger charge is 2.40. The van der Waals surface area contributed by atoms with Crippen LogP contribution in [-0.2, 0) is 21.0 Å². The molecule has 0 aliphatic heterocycles. The van der Waals surface area contributed by atoms with Crippen LogP contribution in [0.1, 0.15) is 26.2 Å². The Morgan fingerprint density at radius 3 is 2.15 bits per heavy atom. The summed E-state index contributed by atoms with van der Waals surface area (Å²) < 4.78 is 32.2. The monoisotopic (exact) mass is 400 g/mol. The van der Waals surface area contributed by atoms with E-state index in [1.54, 1.807) is 23.1 Å². The Morgan fingerprint density at radius 1 is 0.926 bits per heavy atom. The molecule has 4 rings (SSSR count). The first-order chi connectivity index (χ1) is 13.0. The molecule has 1 unspecified atom stereocenters.